The number of nitrogens with zero attached hydrogens (tertiary/aromatic N) is 1. The first-order valence-corrected chi connectivity index (χ1v) is 6.19. The van der Waals surface area contributed by atoms with E-state index in [-0.39, 0.29) is 5.56 Å². The summed E-state index contributed by atoms with van der Waals surface area (Å²) in [5, 5.41) is 8.97. The number of hydrogen-bond donors (Lipinski definition) is 1. The molecule has 1 N–H and O–H groups in total. The van der Waals surface area contributed by atoms with Crippen molar-refractivity contribution in [2.75, 3.05) is 13.2 Å². The summed E-state index contributed by atoms with van der Waals surface area (Å²) in [6.45, 7) is 1.35. The number of ether oxygens (including phenoxy) is 2. The SMILES string of the molecule is O=C(O)c1ccncc1OCCCC1CCCO1. The van der Waals surface area contributed by atoms with Crippen LogP contribution in [0.25, 0.3) is 0 Å². The van der Waals surface area contributed by atoms with Crippen LogP contribution in [-0.2, 0) is 4.74 Å². The second-order valence-corrected chi connectivity index (χ2v) is 4.30. The third-order valence-electron chi connectivity index (χ3n) is 2.97. The van der Waals surface area contributed by atoms with Crippen molar-refractivity contribution in [1.29, 1.82) is 0 Å². The highest BCUT2D eigenvalue weighted by Gasteiger charge is 2.15. The Kier molecular flexibility index (Phi) is 4.52. The molecule has 1 atom stereocenters. The lowest BCUT2D eigenvalue weighted by atomic mass is 10.1. The molecule has 5 nitrogen and oxygen atoms in total. The zero-order valence-electron chi connectivity index (χ0n) is 10.2. The van der Waals surface area contributed by atoms with Crippen LogP contribution in [0.5, 0.6) is 5.75 Å². The van der Waals surface area contributed by atoms with Crippen LogP contribution in [0.3, 0.4) is 0 Å². The Hall–Kier alpha value is -1.62. The van der Waals surface area contributed by atoms with E-state index in [9.17, 15) is 4.79 Å². The van der Waals surface area contributed by atoms with Gasteiger partial charge in [0, 0.05) is 12.8 Å². The molecule has 2 heterocycles. The van der Waals surface area contributed by atoms with Crippen LogP contribution in [0.2, 0.25) is 0 Å². The van der Waals surface area contributed by atoms with E-state index in [0.29, 0.717) is 18.5 Å². The molecule has 0 radical (unpaired) electrons. The molecule has 18 heavy (non-hydrogen) atoms. The van der Waals surface area contributed by atoms with Gasteiger partial charge in [-0.05, 0) is 31.7 Å². The molecule has 0 saturated carbocycles. The summed E-state index contributed by atoms with van der Waals surface area (Å²) in [6.07, 6.45) is 7.31. The van der Waals surface area contributed by atoms with Gasteiger partial charge in [0.15, 0.2) is 5.75 Å². The Morgan fingerprint density at radius 2 is 2.50 bits per heavy atom. The van der Waals surface area contributed by atoms with Crippen molar-refractivity contribution in [1.82, 2.24) is 4.98 Å². The summed E-state index contributed by atoms with van der Waals surface area (Å²) < 4.78 is 11.0. The molecule has 1 saturated heterocycles. The van der Waals surface area contributed by atoms with E-state index >= 15 is 0 Å². The van der Waals surface area contributed by atoms with Crippen molar-refractivity contribution in [3.8, 4) is 5.75 Å². The summed E-state index contributed by atoms with van der Waals surface area (Å²) >= 11 is 0. The molecule has 1 aliphatic heterocycles. The van der Waals surface area contributed by atoms with Gasteiger partial charge in [-0.15, -0.1) is 0 Å². The van der Waals surface area contributed by atoms with Crippen molar-refractivity contribution in [2.45, 2.75) is 31.8 Å². The maximum absolute atomic E-state index is 10.9. The highest BCUT2D eigenvalue weighted by molar-refractivity contribution is 5.90. The highest BCUT2D eigenvalue weighted by Crippen LogP contribution is 2.19. The molecule has 1 aliphatic rings. The number of pyridine rings is 1. The summed E-state index contributed by atoms with van der Waals surface area (Å²) in [5.41, 5.74) is 0.155. The van der Waals surface area contributed by atoms with Crippen LogP contribution in [0.15, 0.2) is 18.5 Å². The molecular formula is C13H17NO4. The van der Waals surface area contributed by atoms with Crippen LogP contribution in [0.1, 0.15) is 36.0 Å². The van der Waals surface area contributed by atoms with Crippen molar-refractivity contribution < 1.29 is 19.4 Å². The average molecular weight is 251 g/mol. The fourth-order valence-electron chi connectivity index (χ4n) is 2.04. The van der Waals surface area contributed by atoms with Gasteiger partial charge in [-0.25, -0.2) is 4.79 Å². The molecule has 0 aliphatic carbocycles. The largest absolute Gasteiger partial charge is 0.491 e. The van der Waals surface area contributed by atoms with Crippen LogP contribution >= 0.6 is 0 Å². The molecule has 1 unspecified atom stereocenters. The fraction of sp³-hybridized carbons (Fsp3) is 0.538. The molecule has 1 fully saturated rings. The standard InChI is InChI=1S/C13H17NO4/c15-13(16)11-5-6-14-9-12(11)18-8-2-4-10-3-1-7-17-10/h5-6,9-10H,1-4,7-8H2,(H,15,16). The minimum Gasteiger partial charge on any atom is -0.491 e. The van der Waals surface area contributed by atoms with Gasteiger partial charge in [0.25, 0.3) is 0 Å². The number of rotatable bonds is 6. The van der Waals surface area contributed by atoms with Gasteiger partial charge in [0.05, 0.1) is 18.9 Å². The summed E-state index contributed by atoms with van der Waals surface area (Å²) in [6, 6.07) is 1.44. The highest BCUT2D eigenvalue weighted by atomic mass is 16.5. The number of carboxylic acids is 1. The Morgan fingerprint density at radius 1 is 1.61 bits per heavy atom. The van der Waals surface area contributed by atoms with Gasteiger partial charge in [-0.2, -0.15) is 0 Å². The lowest BCUT2D eigenvalue weighted by Crippen LogP contribution is -2.09. The molecule has 2 rings (SSSR count). The minimum atomic E-state index is -0.994. The second kappa shape index (κ2) is 6.35. The van der Waals surface area contributed by atoms with E-state index in [1.165, 1.54) is 18.5 Å². The molecular weight excluding hydrogens is 234 g/mol. The first-order valence-electron chi connectivity index (χ1n) is 6.19. The Morgan fingerprint density at radius 3 is 3.22 bits per heavy atom. The van der Waals surface area contributed by atoms with E-state index in [1.54, 1.807) is 0 Å². The number of hydrogen-bond acceptors (Lipinski definition) is 4. The molecule has 5 heteroatoms. The second-order valence-electron chi connectivity index (χ2n) is 4.30. The van der Waals surface area contributed by atoms with E-state index in [1.807, 2.05) is 0 Å². The number of aromatic carboxylic acids is 1. The average Bonchev–Trinajstić information content (AvgIpc) is 2.88. The first-order chi connectivity index (χ1) is 8.77. The maximum atomic E-state index is 10.9. The van der Waals surface area contributed by atoms with Gasteiger partial charge >= 0.3 is 5.97 Å². The van der Waals surface area contributed by atoms with Gasteiger partial charge in [-0.1, -0.05) is 0 Å². The minimum absolute atomic E-state index is 0.155. The zero-order valence-corrected chi connectivity index (χ0v) is 10.2. The Labute approximate surface area is 106 Å². The molecule has 0 aromatic carbocycles. The third-order valence-corrected chi connectivity index (χ3v) is 2.97. The molecule has 1 aromatic heterocycles. The van der Waals surface area contributed by atoms with Crippen molar-refractivity contribution >= 4 is 5.97 Å². The fourth-order valence-corrected chi connectivity index (χ4v) is 2.04. The zero-order chi connectivity index (χ0) is 12.8. The molecule has 0 amide bonds. The number of carbonyl (C=O) groups is 1. The van der Waals surface area contributed by atoms with Crippen LogP contribution < -0.4 is 4.74 Å². The van der Waals surface area contributed by atoms with Gasteiger partial charge < -0.3 is 14.6 Å². The predicted molar refractivity (Wildman–Crippen MR) is 64.9 cm³/mol. The summed E-state index contributed by atoms with van der Waals surface area (Å²) in [7, 11) is 0. The van der Waals surface area contributed by atoms with Crippen LogP contribution in [0, 0.1) is 0 Å². The monoisotopic (exact) mass is 251 g/mol. The predicted octanol–water partition coefficient (Wildman–Crippen LogP) is 2.12. The van der Waals surface area contributed by atoms with Gasteiger partial charge in [0.1, 0.15) is 5.56 Å². The van der Waals surface area contributed by atoms with Crippen molar-refractivity contribution in [3.63, 3.8) is 0 Å². The van der Waals surface area contributed by atoms with Crippen molar-refractivity contribution in [2.24, 2.45) is 0 Å². The molecule has 0 spiro atoms. The normalized spacial score (nSPS) is 18.8. The number of carboxylic acid groups (broad SMARTS) is 1. The van der Waals surface area contributed by atoms with Gasteiger partial charge in [0.2, 0.25) is 0 Å². The summed E-state index contributed by atoms with van der Waals surface area (Å²) in [5.74, 6) is -0.663. The third kappa shape index (κ3) is 3.43. The van der Waals surface area contributed by atoms with E-state index in [2.05, 4.69) is 4.98 Å². The quantitative estimate of drug-likeness (QED) is 0.784. The van der Waals surface area contributed by atoms with E-state index in [4.69, 9.17) is 14.6 Å². The first kappa shape index (κ1) is 12.8. The Balaban J connectivity index is 1.77. The summed E-state index contributed by atoms with van der Waals surface area (Å²) in [4.78, 5) is 14.8. The van der Waals surface area contributed by atoms with E-state index in [0.717, 1.165) is 32.3 Å². The van der Waals surface area contributed by atoms with Gasteiger partial charge in [-0.3, -0.25) is 4.98 Å². The van der Waals surface area contributed by atoms with Crippen LogP contribution in [0.4, 0.5) is 0 Å². The lowest BCUT2D eigenvalue weighted by molar-refractivity contribution is 0.0690. The molecule has 1 aromatic rings. The lowest BCUT2D eigenvalue weighted by Gasteiger charge is -2.11. The van der Waals surface area contributed by atoms with Crippen molar-refractivity contribution in [3.05, 3.63) is 24.0 Å². The maximum Gasteiger partial charge on any atom is 0.339 e. The molecule has 98 valence electrons. The van der Waals surface area contributed by atoms with Crippen LogP contribution in [-0.4, -0.2) is 35.4 Å². The van der Waals surface area contributed by atoms with E-state index < -0.39 is 5.97 Å². The Bertz CT molecular complexity index is 402. The topological polar surface area (TPSA) is 68.7 Å². The smallest absolute Gasteiger partial charge is 0.339 e. The molecule has 0 bridgehead atoms. The number of aromatic nitrogens is 1.